The first-order valence-corrected chi connectivity index (χ1v) is 6.88. The predicted octanol–water partition coefficient (Wildman–Crippen LogP) is 2.91. The van der Waals surface area contributed by atoms with Gasteiger partial charge in [-0.05, 0) is 32.9 Å². The molecule has 2 heterocycles. The summed E-state index contributed by atoms with van der Waals surface area (Å²) in [6.45, 7) is 7.20. The maximum absolute atomic E-state index is 5.66. The van der Waals surface area contributed by atoms with Crippen molar-refractivity contribution >= 4 is 0 Å². The molecule has 1 unspecified atom stereocenters. The van der Waals surface area contributed by atoms with E-state index in [4.69, 9.17) is 4.42 Å². The Kier molecular flexibility index (Phi) is 4.43. The molecular weight excluding hydrogens is 238 g/mol. The largest absolute Gasteiger partial charge is 0.466 e. The van der Waals surface area contributed by atoms with Gasteiger partial charge in [0.15, 0.2) is 0 Å². The van der Waals surface area contributed by atoms with E-state index in [1.165, 1.54) is 5.56 Å². The third-order valence-electron chi connectivity index (χ3n) is 3.40. The Morgan fingerprint density at radius 2 is 2.21 bits per heavy atom. The molecule has 4 nitrogen and oxygen atoms in total. The lowest BCUT2D eigenvalue weighted by Gasteiger charge is -2.18. The lowest BCUT2D eigenvalue weighted by Crippen LogP contribution is -2.25. The van der Waals surface area contributed by atoms with Crippen molar-refractivity contribution in [1.29, 1.82) is 0 Å². The van der Waals surface area contributed by atoms with Gasteiger partial charge in [-0.2, -0.15) is 0 Å². The Morgan fingerprint density at radius 1 is 1.42 bits per heavy atom. The SMILES string of the molecule is CCCNC(Cc1nccn1C)c1cc(C)oc1C. The number of nitrogens with zero attached hydrogens (tertiary/aromatic N) is 2. The van der Waals surface area contributed by atoms with Crippen LogP contribution in [0, 0.1) is 13.8 Å². The molecule has 0 saturated heterocycles. The third kappa shape index (κ3) is 3.26. The molecule has 4 heteroatoms. The summed E-state index contributed by atoms with van der Waals surface area (Å²) in [6, 6.07) is 2.39. The summed E-state index contributed by atoms with van der Waals surface area (Å²) in [7, 11) is 2.03. The van der Waals surface area contributed by atoms with Gasteiger partial charge in [0.2, 0.25) is 0 Å². The van der Waals surface area contributed by atoms with Crippen LogP contribution in [0.2, 0.25) is 0 Å². The molecule has 0 aromatic carbocycles. The predicted molar refractivity (Wildman–Crippen MR) is 76.1 cm³/mol. The zero-order valence-electron chi connectivity index (χ0n) is 12.2. The van der Waals surface area contributed by atoms with Crippen molar-refractivity contribution in [3.05, 3.63) is 41.4 Å². The fourth-order valence-electron chi connectivity index (χ4n) is 2.38. The smallest absolute Gasteiger partial charge is 0.110 e. The zero-order chi connectivity index (χ0) is 13.8. The quantitative estimate of drug-likeness (QED) is 0.869. The number of hydrogen-bond acceptors (Lipinski definition) is 3. The Bertz CT molecular complexity index is 527. The van der Waals surface area contributed by atoms with Crippen LogP contribution in [0.1, 0.15) is 42.3 Å². The minimum Gasteiger partial charge on any atom is -0.466 e. The van der Waals surface area contributed by atoms with Gasteiger partial charge in [-0.3, -0.25) is 0 Å². The second kappa shape index (κ2) is 6.06. The summed E-state index contributed by atoms with van der Waals surface area (Å²) in [5.41, 5.74) is 1.24. The summed E-state index contributed by atoms with van der Waals surface area (Å²) in [5, 5.41) is 3.59. The number of aryl methyl sites for hydroxylation is 3. The first-order valence-electron chi connectivity index (χ1n) is 6.88. The van der Waals surface area contributed by atoms with Gasteiger partial charge in [0, 0.05) is 37.5 Å². The molecule has 0 amide bonds. The van der Waals surface area contributed by atoms with E-state index in [9.17, 15) is 0 Å². The normalized spacial score (nSPS) is 12.8. The lowest BCUT2D eigenvalue weighted by molar-refractivity contribution is 0.474. The zero-order valence-corrected chi connectivity index (χ0v) is 12.2. The van der Waals surface area contributed by atoms with Gasteiger partial charge < -0.3 is 14.3 Å². The molecule has 1 N–H and O–H groups in total. The van der Waals surface area contributed by atoms with Crippen LogP contribution in [0.3, 0.4) is 0 Å². The number of nitrogens with one attached hydrogen (secondary N) is 1. The standard InChI is InChI=1S/C15H23N3O/c1-5-6-16-14(10-15-17-7-8-18(15)4)13-9-11(2)19-12(13)3/h7-9,14,16H,5-6,10H2,1-4H3. The van der Waals surface area contributed by atoms with E-state index < -0.39 is 0 Å². The van der Waals surface area contributed by atoms with E-state index in [1.54, 1.807) is 0 Å². The molecule has 19 heavy (non-hydrogen) atoms. The lowest BCUT2D eigenvalue weighted by atomic mass is 10.0. The second-order valence-corrected chi connectivity index (χ2v) is 5.03. The van der Waals surface area contributed by atoms with Crippen LogP contribution in [-0.4, -0.2) is 16.1 Å². The van der Waals surface area contributed by atoms with E-state index in [2.05, 4.69) is 27.9 Å². The average molecular weight is 261 g/mol. The number of hydrogen-bond donors (Lipinski definition) is 1. The minimum absolute atomic E-state index is 0.262. The molecule has 2 rings (SSSR count). The molecule has 2 aromatic rings. The molecule has 0 aliphatic carbocycles. The van der Waals surface area contributed by atoms with Crippen molar-refractivity contribution in [1.82, 2.24) is 14.9 Å². The van der Waals surface area contributed by atoms with Crippen LogP contribution in [0.5, 0.6) is 0 Å². The third-order valence-corrected chi connectivity index (χ3v) is 3.40. The van der Waals surface area contributed by atoms with Gasteiger partial charge >= 0.3 is 0 Å². The van der Waals surface area contributed by atoms with Crippen molar-refractivity contribution in [2.45, 2.75) is 39.7 Å². The molecule has 0 radical (unpaired) electrons. The molecule has 0 bridgehead atoms. The molecule has 1 atom stereocenters. The Morgan fingerprint density at radius 3 is 2.74 bits per heavy atom. The highest BCUT2D eigenvalue weighted by Gasteiger charge is 2.18. The highest BCUT2D eigenvalue weighted by Crippen LogP contribution is 2.24. The van der Waals surface area contributed by atoms with Gasteiger partial charge in [0.1, 0.15) is 17.3 Å². The van der Waals surface area contributed by atoms with Crippen molar-refractivity contribution in [3.8, 4) is 0 Å². The van der Waals surface area contributed by atoms with Crippen LogP contribution in [0.15, 0.2) is 22.9 Å². The Balaban J connectivity index is 2.20. The van der Waals surface area contributed by atoms with Crippen molar-refractivity contribution in [2.24, 2.45) is 7.05 Å². The number of furan rings is 1. The molecule has 0 spiro atoms. The monoisotopic (exact) mass is 261 g/mol. The molecule has 0 fully saturated rings. The summed E-state index contributed by atoms with van der Waals surface area (Å²) < 4.78 is 7.73. The van der Waals surface area contributed by atoms with Crippen LogP contribution in [0.25, 0.3) is 0 Å². The van der Waals surface area contributed by atoms with Gasteiger partial charge in [-0.25, -0.2) is 4.98 Å². The molecule has 0 aliphatic rings. The fourth-order valence-corrected chi connectivity index (χ4v) is 2.38. The number of rotatable bonds is 6. The molecule has 2 aromatic heterocycles. The van der Waals surface area contributed by atoms with E-state index in [1.807, 2.05) is 33.3 Å². The van der Waals surface area contributed by atoms with Crippen LogP contribution < -0.4 is 5.32 Å². The molecule has 0 saturated carbocycles. The average Bonchev–Trinajstić information content (AvgIpc) is 2.91. The first-order chi connectivity index (χ1) is 9.11. The highest BCUT2D eigenvalue weighted by atomic mass is 16.3. The van der Waals surface area contributed by atoms with E-state index in [0.29, 0.717) is 0 Å². The molecule has 0 aliphatic heterocycles. The van der Waals surface area contributed by atoms with Gasteiger partial charge in [-0.15, -0.1) is 0 Å². The topological polar surface area (TPSA) is 43.0 Å². The van der Waals surface area contributed by atoms with Gasteiger partial charge in [-0.1, -0.05) is 6.92 Å². The second-order valence-electron chi connectivity index (χ2n) is 5.03. The summed E-state index contributed by atoms with van der Waals surface area (Å²) in [6.07, 6.45) is 5.83. The van der Waals surface area contributed by atoms with Crippen molar-refractivity contribution in [2.75, 3.05) is 6.54 Å². The van der Waals surface area contributed by atoms with Crippen LogP contribution in [0.4, 0.5) is 0 Å². The Labute approximate surface area is 114 Å². The summed E-state index contributed by atoms with van der Waals surface area (Å²) >= 11 is 0. The maximum Gasteiger partial charge on any atom is 0.110 e. The van der Waals surface area contributed by atoms with E-state index in [-0.39, 0.29) is 6.04 Å². The number of imidazole rings is 1. The van der Waals surface area contributed by atoms with Crippen LogP contribution >= 0.6 is 0 Å². The Hall–Kier alpha value is -1.55. The van der Waals surface area contributed by atoms with Gasteiger partial charge in [0.25, 0.3) is 0 Å². The molecular formula is C15H23N3O. The fraction of sp³-hybridized carbons (Fsp3) is 0.533. The van der Waals surface area contributed by atoms with Crippen molar-refractivity contribution < 1.29 is 4.42 Å². The molecule has 104 valence electrons. The first kappa shape index (κ1) is 13.9. The summed E-state index contributed by atoms with van der Waals surface area (Å²) in [4.78, 5) is 4.42. The highest BCUT2D eigenvalue weighted by molar-refractivity contribution is 5.25. The number of aromatic nitrogens is 2. The maximum atomic E-state index is 5.66. The van der Waals surface area contributed by atoms with Crippen LogP contribution in [-0.2, 0) is 13.5 Å². The van der Waals surface area contributed by atoms with Gasteiger partial charge in [0.05, 0.1) is 0 Å². The van der Waals surface area contributed by atoms with E-state index in [0.717, 1.165) is 36.7 Å². The summed E-state index contributed by atoms with van der Waals surface area (Å²) in [5.74, 6) is 3.06. The van der Waals surface area contributed by atoms with Crippen molar-refractivity contribution in [3.63, 3.8) is 0 Å². The minimum atomic E-state index is 0.262. The van der Waals surface area contributed by atoms with E-state index >= 15 is 0 Å².